The third kappa shape index (κ3) is 6.15. The van der Waals surface area contributed by atoms with E-state index in [1.807, 2.05) is 55.6 Å². The summed E-state index contributed by atoms with van der Waals surface area (Å²) < 4.78 is 5.30. The van der Waals surface area contributed by atoms with Crippen LogP contribution in [0.2, 0.25) is 0 Å². The van der Waals surface area contributed by atoms with Gasteiger partial charge in [-0.1, -0.05) is 32.0 Å². The number of carbonyl (C=O) groups is 1. The molecule has 0 unspecified atom stereocenters. The van der Waals surface area contributed by atoms with Crippen LogP contribution in [0.1, 0.15) is 43.2 Å². The van der Waals surface area contributed by atoms with Gasteiger partial charge in [0.2, 0.25) is 5.82 Å². The van der Waals surface area contributed by atoms with Crippen molar-refractivity contribution in [1.29, 1.82) is 5.41 Å². The van der Waals surface area contributed by atoms with Gasteiger partial charge in [0.05, 0.1) is 18.8 Å². The number of hydrogen-bond donors (Lipinski definition) is 4. The molecule has 8 heteroatoms. The Bertz CT molecular complexity index is 1250. The van der Waals surface area contributed by atoms with Crippen LogP contribution < -0.4 is 15.5 Å². The molecule has 2 aromatic carbocycles. The molecule has 0 bridgehead atoms. The number of benzene rings is 2. The highest BCUT2D eigenvalue weighted by atomic mass is 16.5. The summed E-state index contributed by atoms with van der Waals surface area (Å²) >= 11 is 0. The molecule has 1 aromatic heterocycles. The maximum Gasteiger partial charge on any atom is 0.357 e. The van der Waals surface area contributed by atoms with Gasteiger partial charge >= 0.3 is 5.97 Å². The van der Waals surface area contributed by atoms with E-state index in [1.165, 1.54) is 6.42 Å². The molecule has 0 aliphatic carbocycles. The molecule has 5 N–H and O–H groups in total. The van der Waals surface area contributed by atoms with E-state index < -0.39 is 5.97 Å². The molecule has 0 spiro atoms. The number of aromatic nitrogens is 1. The zero-order valence-electron chi connectivity index (χ0n) is 21.8. The highest BCUT2D eigenvalue weighted by molar-refractivity contribution is 6.09. The second-order valence-electron chi connectivity index (χ2n) is 9.41. The van der Waals surface area contributed by atoms with Gasteiger partial charge in [-0.3, -0.25) is 5.32 Å². The Hall–Kier alpha value is -3.75. The number of carbonyl (C=O) groups excluding carboxylic acids is 1. The first-order chi connectivity index (χ1) is 17.9. The fourth-order valence-electron chi connectivity index (χ4n) is 4.29. The number of ether oxygens (including phenoxy) is 1. The molecule has 194 valence electrons. The van der Waals surface area contributed by atoms with Crippen molar-refractivity contribution >= 4 is 34.6 Å². The van der Waals surface area contributed by atoms with Gasteiger partial charge in [0, 0.05) is 48.4 Å². The number of hydrogen-bond acceptors (Lipinski definition) is 7. The number of esters is 1. The molecule has 0 atom stereocenters. The highest BCUT2D eigenvalue weighted by Crippen LogP contribution is 2.32. The fourth-order valence-corrected chi connectivity index (χ4v) is 4.29. The van der Waals surface area contributed by atoms with Gasteiger partial charge in [0.1, 0.15) is 5.69 Å². The first-order valence-electron chi connectivity index (χ1n) is 12.9. The SMILES string of the molecule is CCOC(=O)c1cc(-c2ccc(NCCO)cc2)c(C(=N)C(C)C)c([NH2+]c2cccc(N3CCC3)c2)n1. The van der Waals surface area contributed by atoms with Crippen LogP contribution in [0.4, 0.5) is 22.9 Å². The van der Waals surface area contributed by atoms with E-state index in [1.54, 1.807) is 13.0 Å². The maximum absolute atomic E-state index is 12.8. The molecule has 2 heterocycles. The van der Waals surface area contributed by atoms with E-state index in [2.05, 4.69) is 22.3 Å². The second-order valence-corrected chi connectivity index (χ2v) is 9.41. The van der Waals surface area contributed by atoms with Gasteiger partial charge in [-0.15, -0.1) is 0 Å². The number of nitrogens with two attached hydrogens (primary N) is 1. The van der Waals surface area contributed by atoms with Gasteiger partial charge in [-0.25, -0.2) is 4.79 Å². The zero-order valence-corrected chi connectivity index (χ0v) is 21.8. The number of rotatable bonds is 11. The van der Waals surface area contributed by atoms with Crippen molar-refractivity contribution in [1.82, 2.24) is 4.98 Å². The molecule has 4 rings (SSSR count). The molecule has 37 heavy (non-hydrogen) atoms. The van der Waals surface area contributed by atoms with Crippen LogP contribution in [0.5, 0.6) is 0 Å². The fraction of sp³-hybridized carbons (Fsp3) is 0.345. The van der Waals surface area contributed by atoms with E-state index in [9.17, 15) is 4.79 Å². The quantitative estimate of drug-likeness (QED) is 0.178. The molecular formula is C29H36N5O3+. The number of nitrogens with zero attached hydrogens (tertiary/aromatic N) is 2. The molecule has 0 amide bonds. The predicted octanol–water partition coefficient (Wildman–Crippen LogP) is 4.09. The lowest BCUT2D eigenvalue weighted by molar-refractivity contribution is -0.483. The molecule has 3 aromatic rings. The van der Waals surface area contributed by atoms with Crippen LogP contribution in [-0.2, 0) is 4.74 Å². The Morgan fingerprint density at radius 3 is 2.57 bits per heavy atom. The second kappa shape index (κ2) is 12.0. The number of quaternary nitrogens is 1. The van der Waals surface area contributed by atoms with E-state index >= 15 is 0 Å². The summed E-state index contributed by atoms with van der Waals surface area (Å²) in [4.78, 5) is 19.9. The Kier molecular flexibility index (Phi) is 8.53. The zero-order chi connectivity index (χ0) is 26.4. The van der Waals surface area contributed by atoms with Gasteiger partial charge in [-0.2, -0.15) is 4.98 Å². The summed E-state index contributed by atoms with van der Waals surface area (Å²) in [6.07, 6.45) is 1.20. The van der Waals surface area contributed by atoms with Gasteiger partial charge < -0.3 is 25.5 Å². The Morgan fingerprint density at radius 1 is 1.19 bits per heavy atom. The van der Waals surface area contributed by atoms with E-state index in [0.717, 1.165) is 41.3 Å². The Labute approximate surface area is 218 Å². The lowest BCUT2D eigenvalue weighted by Gasteiger charge is -2.33. The Morgan fingerprint density at radius 2 is 1.95 bits per heavy atom. The van der Waals surface area contributed by atoms with Crippen molar-refractivity contribution in [3.63, 3.8) is 0 Å². The maximum atomic E-state index is 12.8. The van der Waals surface area contributed by atoms with E-state index in [0.29, 0.717) is 23.6 Å². The molecule has 1 aliphatic heterocycles. The third-order valence-corrected chi connectivity index (χ3v) is 6.41. The molecule has 1 saturated heterocycles. The van der Waals surface area contributed by atoms with Crippen molar-refractivity contribution in [2.45, 2.75) is 27.2 Å². The summed E-state index contributed by atoms with van der Waals surface area (Å²) in [6.45, 7) is 8.61. The van der Waals surface area contributed by atoms with Crippen molar-refractivity contribution in [2.24, 2.45) is 5.92 Å². The molecule has 0 saturated carbocycles. The van der Waals surface area contributed by atoms with Gasteiger partial charge in [0.25, 0.3) is 0 Å². The number of aliphatic hydroxyl groups excluding tert-OH is 1. The first kappa shape index (κ1) is 26.3. The van der Waals surface area contributed by atoms with Crippen LogP contribution in [0.25, 0.3) is 11.1 Å². The predicted molar refractivity (Wildman–Crippen MR) is 147 cm³/mol. The van der Waals surface area contributed by atoms with Crippen molar-refractivity contribution in [3.8, 4) is 11.1 Å². The minimum atomic E-state index is -0.489. The normalized spacial score (nSPS) is 12.8. The van der Waals surface area contributed by atoms with Crippen molar-refractivity contribution in [2.75, 3.05) is 43.1 Å². The highest BCUT2D eigenvalue weighted by Gasteiger charge is 2.26. The van der Waals surface area contributed by atoms with E-state index in [-0.39, 0.29) is 24.8 Å². The van der Waals surface area contributed by atoms with E-state index in [4.69, 9.17) is 20.2 Å². The summed E-state index contributed by atoms with van der Waals surface area (Å²) in [7, 11) is 0. The summed E-state index contributed by atoms with van der Waals surface area (Å²) in [5.41, 5.74) is 6.00. The first-order valence-corrected chi connectivity index (χ1v) is 12.9. The number of aliphatic hydroxyl groups is 1. The average molecular weight is 503 g/mol. The molecule has 0 radical (unpaired) electrons. The largest absolute Gasteiger partial charge is 0.461 e. The van der Waals surface area contributed by atoms with Crippen LogP contribution in [0.15, 0.2) is 54.6 Å². The average Bonchev–Trinajstić information content (AvgIpc) is 2.86. The third-order valence-electron chi connectivity index (χ3n) is 6.41. The van der Waals surface area contributed by atoms with Crippen LogP contribution in [0, 0.1) is 11.3 Å². The lowest BCUT2D eigenvalue weighted by atomic mass is 9.91. The smallest absolute Gasteiger partial charge is 0.357 e. The number of pyridine rings is 1. The minimum Gasteiger partial charge on any atom is -0.461 e. The molecular weight excluding hydrogens is 466 g/mol. The molecule has 1 fully saturated rings. The van der Waals surface area contributed by atoms with Crippen LogP contribution in [0.3, 0.4) is 0 Å². The van der Waals surface area contributed by atoms with Crippen molar-refractivity contribution in [3.05, 3.63) is 65.9 Å². The number of nitrogens with one attached hydrogen (secondary N) is 2. The Balaban J connectivity index is 1.83. The van der Waals surface area contributed by atoms with Gasteiger partial charge in [0.15, 0.2) is 5.69 Å². The summed E-state index contributed by atoms with van der Waals surface area (Å²) in [5, 5.41) is 23.2. The minimum absolute atomic E-state index is 0.0425. The summed E-state index contributed by atoms with van der Waals surface area (Å²) in [5.74, 6) is 0.0399. The van der Waals surface area contributed by atoms with Crippen molar-refractivity contribution < 1.29 is 20.0 Å². The van der Waals surface area contributed by atoms with Gasteiger partial charge in [-0.05, 0) is 55.2 Å². The standard InChI is InChI=1S/C29H35N5O3/c1-4-37-29(36)25-18-24(20-9-11-21(12-10-20)31-13-16-35)26(27(30)19(2)3)28(33-25)32-22-7-5-8-23(17-22)34-14-6-15-34/h5,7-12,17-19,30-31,35H,4,6,13-16H2,1-3H3,(H,32,33)/p+1. The van der Waals surface area contributed by atoms with Crippen LogP contribution in [-0.4, -0.2) is 54.6 Å². The number of anilines is 2. The lowest BCUT2D eigenvalue weighted by Crippen LogP contribution is -2.72. The van der Waals surface area contributed by atoms with Crippen LogP contribution >= 0.6 is 0 Å². The monoisotopic (exact) mass is 502 g/mol. The molecule has 1 aliphatic rings. The summed E-state index contributed by atoms with van der Waals surface area (Å²) in [6, 6.07) is 17.8. The molecule has 8 nitrogen and oxygen atoms in total. The topological polar surface area (TPSA) is 115 Å².